The van der Waals surface area contributed by atoms with Gasteiger partial charge in [-0.3, -0.25) is 0 Å². The summed E-state index contributed by atoms with van der Waals surface area (Å²) < 4.78 is 20.9. The van der Waals surface area contributed by atoms with Crippen LogP contribution in [0.15, 0.2) is 0 Å². The number of hydrogen-bond acceptors (Lipinski definition) is 7. The molecule has 0 bridgehead atoms. The molecule has 2 rings (SSSR count). The predicted molar refractivity (Wildman–Crippen MR) is 78.5 cm³/mol. The van der Waals surface area contributed by atoms with E-state index in [0.717, 1.165) is 0 Å². The zero-order valence-corrected chi connectivity index (χ0v) is 13.0. The second kappa shape index (κ2) is 7.38. The zero-order valence-electron chi connectivity index (χ0n) is 11.3. The molecule has 0 aromatic heterocycles. The molecule has 0 spiro atoms. The van der Waals surface area contributed by atoms with Gasteiger partial charge in [-0.2, -0.15) is 0 Å². The van der Waals surface area contributed by atoms with E-state index in [1.54, 1.807) is 0 Å². The predicted octanol–water partition coefficient (Wildman–Crippen LogP) is -1.47. The first-order valence-electron chi connectivity index (χ1n) is 6.57. The van der Waals surface area contributed by atoms with E-state index < -0.39 is 43.1 Å². The van der Waals surface area contributed by atoms with Crippen LogP contribution in [0.25, 0.3) is 0 Å². The maximum atomic E-state index is 10.0. The summed E-state index contributed by atoms with van der Waals surface area (Å²) in [6, 6.07) is -1.15. The molecule has 2 aliphatic heterocycles. The molecule has 0 amide bonds. The van der Waals surface area contributed by atoms with Gasteiger partial charge in [0.1, 0.15) is 27.9 Å². The Morgan fingerprint density at radius 1 is 1.19 bits per heavy atom. The summed E-state index contributed by atoms with van der Waals surface area (Å²) in [5.74, 6) is 0. The van der Waals surface area contributed by atoms with Crippen LogP contribution in [0.5, 0.6) is 0 Å². The number of aliphatic hydroxyl groups excluding tert-OH is 2. The molecule has 2 heterocycles. The van der Waals surface area contributed by atoms with Crippen molar-refractivity contribution in [2.45, 2.75) is 49.3 Å². The van der Waals surface area contributed by atoms with Crippen LogP contribution < -0.4 is 0 Å². The van der Waals surface area contributed by atoms with Crippen molar-refractivity contribution < 1.29 is 33.6 Å². The lowest BCUT2D eigenvalue weighted by Crippen LogP contribution is -2.29. The highest BCUT2D eigenvalue weighted by atomic mass is 32.5. The molecule has 3 unspecified atom stereocenters. The number of hydrogen-bond donors (Lipinski definition) is 3. The van der Waals surface area contributed by atoms with E-state index in [0.29, 0.717) is 12.8 Å². The third-order valence-corrected chi connectivity index (χ3v) is 4.92. The van der Waals surface area contributed by atoms with Crippen LogP contribution in [0.2, 0.25) is 0 Å². The smallest absolute Gasteiger partial charge is 0.324 e. The lowest BCUT2D eigenvalue weighted by Gasteiger charge is -2.24. The molecule has 0 aromatic carbocycles. The minimum Gasteiger partial charge on any atom is -0.394 e. The second-order valence-corrected chi connectivity index (χ2v) is 7.85. The molecule has 0 aromatic rings. The van der Waals surface area contributed by atoms with Crippen LogP contribution in [0.3, 0.4) is 0 Å². The minimum atomic E-state index is -3.56. The standard InChI is InChI=1S/C10H17B2O7PS/c11-9-1-5(14)8(18-9)4-16-20(15,21)19-6-2-10(12)17-7(6)3-13/h5-10,13-14H,1-4H2,(H,15,21)/t5?,6?,7-,8-,9-,10-,20?/m1/s1. The number of rotatable bonds is 6. The molecule has 7 nitrogen and oxygen atoms in total. The Bertz CT molecular complexity index is 404. The molecule has 4 radical (unpaired) electrons. The van der Waals surface area contributed by atoms with Crippen molar-refractivity contribution in [3.05, 3.63) is 0 Å². The molecule has 2 fully saturated rings. The summed E-state index contributed by atoms with van der Waals surface area (Å²) in [6.07, 6.45) is -2.14. The maximum Gasteiger partial charge on any atom is 0.324 e. The fourth-order valence-corrected chi connectivity index (χ4v) is 3.77. The van der Waals surface area contributed by atoms with Crippen molar-refractivity contribution >= 4 is 34.2 Å². The van der Waals surface area contributed by atoms with Crippen molar-refractivity contribution in [2.24, 2.45) is 0 Å². The van der Waals surface area contributed by atoms with Crippen LogP contribution in [0, 0.1) is 0 Å². The average molecular weight is 334 g/mol. The van der Waals surface area contributed by atoms with E-state index in [9.17, 15) is 10.00 Å². The van der Waals surface area contributed by atoms with E-state index in [1.807, 2.05) is 0 Å². The topological polar surface area (TPSA) is 97.6 Å². The van der Waals surface area contributed by atoms with Gasteiger partial charge in [-0.25, -0.2) is 0 Å². The summed E-state index contributed by atoms with van der Waals surface area (Å²) in [5, 5.41) is 18.8. The molecular formula is C10H17B2O7PS. The number of aliphatic hydroxyl groups is 2. The van der Waals surface area contributed by atoms with Crippen LogP contribution in [0.1, 0.15) is 12.8 Å². The lowest BCUT2D eigenvalue weighted by atomic mass is 9.96. The Kier molecular flexibility index (Phi) is 6.27. The third kappa shape index (κ3) is 4.99. The van der Waals surface area contributed by atoms with Gasteiger partial charge in [-0.05, 0) is 24.6 Å². The molecule has 0 aliphatic carbocycles. The minimum absolute atomic E-state index is 0.133. The van der Waals surface area contributed by atoms with Gasteiger partial charge in [0.25, 0.3) is 0 Å². The molecule has 3 N–H and O–H groups in total. The molecule has 2 saturated heterocycles. The van der Waals surface area contributed by atoms with E-state index in [1.165, 1.54) is 0 Å². The third-order valence-electron chi connectivity index (χ3n) is 3.33. The fourth-order valence-electron chi connectivity index (χ4n) is 2.30. The molecule has 21 heavy (non-hydrogen) atoms. The van der Waals surface area contributed by atoms with Crippen LogP contribution in [0.4, 0.5) is 0 Å². The van der Waals surface area contributed by atoms with Gasteiger partial charge in [0.15, 0.2) is 0 Å². The Morgan fingerprint density at radius 2 is 1.81 bits per heavy atom. The first kappa shape index (κ1) is 17.8. The van der Waals surface area contributed by atoms with Crippen molar-refractivity contribution in [2.75, 3.05) is 13.2 Å². The summed E-state index contributed by atoms with van der Waals surface area (Å²) in [5.41, 5.74) is 0. The van der Waals surface area contributed by atoms with Gasteiger partial charge < -0.3 is 33.6 Å². The van der Waals surface area contributed by atoms with E-state index in [-0.39, 0.29) is 13.2 Å². The van der Waals surface area contributed by atoms with Crippen molar-refractivity contribution in [1.82, 2.24) is 0 Å². The first-order chi connectivity index (χ1) is 9.80. The molecular weight excluding hydrogens is 317 g/mol. The fraction of sp³-hybridized carbons (Fsp3) is 1.00. The highest BCUT2D eigenvalue weighted by Crippen LogP contribution is 2.47. The maximum absolute atomic E-state index is 10.0. The molecule has 2 aliphatic rings. The van der Waals surface area contributed by atoms with Gasteiger partial charge in [0, 0.05) is 12.0 Å². The lowest BCUT2D eigenvalue weighted by molar-refractivity contribution is -0.0171. The highest BCUT2D eigenvalue weighted by molar-refractivity contribution is 8.07. The summed E-state index contributed by atoms with van der Waals surface area (Å²) >= 11 is 4.90. The van der Waals surface area contributed by atoms with Gasteiger partial charge >= 0.3 is 6.72 Å². The van der Waals surface area contributed by atoms with Gasteiger partial charge in [0.2, 0.25) is 0 Å². The SMILES string of the molecule is [B][C@H]1CC(O)[C@@H](COP(O)(=S)OC2C[C@H]([B])O[C@@H]2CO)O1. The Balaban J connectivity index is 1.83. The van der Waals surface area contributed by atoms with Gasteiger partial charge in [0.05, 0.1) is 25.4 Å². The summed E-state index contributed by atoms with van der Waals surface area (Å²) in [4.78, 5) is 10.0. The van der Waals surface area contributed by atoms with E-state index >= 15 is 0 Å². The van der Waals surface area contributed by atoms with Crippen molar-refractivity contribution in [3.8, 4) is 0 Å². The van der Waals surface area contributed by atoms with Crippen molar-refractivity contribution in [1.29, 1.82) is 0 Å². The highest BCUT2D eigenvalue weighted by Gasteiger charge is 2.38. The zero-order chi connectivity index (χ0) is 15.6. The van der Waals surface area contributed by atoms with Crippen LogP contribution in [-0.2, 0) is 30.3 Å². The summed E-state index contributed by atoms with van der Waals surface area (Å²) in [6.45, 7) is -3.99. The molecule has 7 atom stereocenters. The Labute approximate surface area is 131 Å². The Hall–Kier alpha value is 0.500. The van der Waals surface area contributed by atoms with Crippen LogP contribution in [-0.4, -0.2) is 80.4 Å². The summed E-state index contributed by atoms with van der Waals surface area (Å²) in [7, 11) is 11.1. The first-order valence-corrected chi connectivity index (χ1v) is 9.16. The molecule has 116 valence electrons. The van der Waals surface area contributed by atoms with E-state index in [2.05, 4.69) is 0 Å². The second-order valence-electron chi connectivity index (χ2n) is 5.06. The normalized spacial score (nSPS) is 43.0. The largest absolute Gasteiger partial charge is 0.394 e. The van der Waals surface area contributed by atoms with Crippen LogP contribution >= 0.6 is 6.72 Å². The average Bonchev–Trinajstić information content (AvgIpc) is 2.88. The molecule has 11 heteroatoms. The van der Waals surface area contributed by atoms with Gasteiger partial charge in [-0.1, -0.05) is 0 Å². The number of ether oxygens (including phenoxy) is 2. The molecule has 0 saturated carbocycles. The Morgan fingerprint density at radius 3 is 2.38 bits per heavy atom. The van der Waals surface area contributed by atoms with Gasteiger partial charge in [-0.15, -0.1) is 0 Å². The monoisotopic (exact) mass is 334 g/mol. The van der Waals surface area contributed by atoms with Crippen molar-refractivity contribution in [3.63, 3.8) is 0 Å². The quantitative estimate of drug-likeness (QED) is 0.400. The van der Waals surface area contributed by atoms with E-state index in [4.69, 9.17) is 51.1 Å².